The Hall–Kier alpha value is -1.11. The Kier molecular flexibility index (Phi) is 6.95. The first-order valence-corrected chi connectivity index (χ1v) is 10.8. The number of esters is 1. The van der Waals surface area contributed by atoms with Gasteiger partial charge in [0.1, 0.15) is 12.3 Å². The Balaban J connectivity index is 1.39. The maximum atomic E-state index is 13.9. The summed E-state index contributed by atoms with van der Waals surface area (Å²) in [5.74, 6) is 1.95. The van der Waals surface area contributed by atoms with E-state index in [1.807, 2.05) is 6.07 Å². The standard InChI is InChI=1S/C22H34FNO2/c1-2-15-3-5-16(6-4-15)17-7-9-18(10-8-17)22(25)26-20-12-11-19(14-24)21(23)13-20/h15-21H,2-13H2,1H3. The fraction of sp³-hybridized carbons (Fsp3) is 0.909. The Morgan fingerprint density at radius 2 is 1.62 bits per heavy atom. The van der Waals surface area contributed by atoms with Crippen molar-refractivity contribution in [2.45, 2.75) is 96.2 Å². The van der Waals surface area contributed by atoms with E-state index in [1.54, 1.807) is 0 Å². The third-order valence-electron chi connectivity index (χ3n) is 7.41. The zero-order chi connectivity index (χ0) is 18.5. The van der Waals surface area contributed by atoms with E-state index in [0.717, 1.165) is 43.4 Å². The van der Waals surface area contributed by atoms with Gasteiger partial charge in [-0.1, -0.05) is 26.2 Å². The van der Waals surface area contributed by atoms with Gasteiger partial charge in [0, 0.05) is 6.42 Å². The summed E-state index contributed by atoms with van der Waals surface area (Å²) < 4.78 is 19.5. The highest BCUT2D eigenvalue weighted by atomic mass is 19.1. The highest BCUT2D eigenvalue weighted by Gasteiger charge is 2.36. The molecule has 3 saturated carbocycles. The van der Waals surface area contributed by atoms with Crippen LogP contribution in [0, 0.1) is 40.9 Å². The fourth-order valence-corrected chi connectivity index (χ4v) is 5.49. The molecule has 3 unspecified atom stereocenters. The number of carbonyl (C=O) groups excluding carboxylic acids is 1. The largest absolute Gasteiger partial charge is 0.462 e. The predicted octanol–water partition coefficient (Wildman–Crippen LogP) is 5.58. The van der Waals surface area contributed by atoms with Crippen molar-refractivity contribution in [1.82, 2.24) is 0 Å². The quantitative estimate of drug-likeness (QED) is 0.612. The number of hydrogen-bond donors (Lipinski definition) is 0. The van der Waals surface area contributed by atoms with E-state index in [1.165, 1.54) is 32.1 Å². The van der Waals surface area contributed by atoms with Gasteiger partial charge in [-0.2, -0.15) is 5.26 Å². The Bertz CT molecular complexity index is 501. The molecule has 0 aliphatic heterocycles. The summed E-state index contributed by atoms with van der Waals surface area (Å²) in [6.07, 6.45) is 10.8. The third-order valence-corrected chi connectivity index (χ3v) is 7.41. The van der Waals surface area contributed by atoms with Gasteiger partial charge < -0.3 is 4.74 Å². The lowest BCUT2D eigenvalue weighted by Crippen LogP contribution is -2.35. The van der Waals surface area contributed by atoms with Gasteiger partial charge in [0.05, 0.1) is 17.9 Å². The van der Waals surface area contributed by atoms with Crippen molar-refractivity contribution >= 4 is 5.97 Å². The molecule has 3 aliphatic rings. The van der Waals surface area contributed by atoms with Gasteiger partial charge in [0.2, 0.25) is 0 Å². The molecule has 4 heteroatoms. The van der Waals surface area contributed by atoms with Gasteiger partial charge in [0.15, 0.2) is 0 Å². The van der Waals surface area contributed by atoms with Gasteiger partial charge >= 0.3 is 5.97 Å². The topological polar surface area (TPSA) is 50.1 Å². The molecule has 146 valence electrons. The molecule has 0 radical (unpaired) electrons. The summed E-state index contributed by atoms with van der Waals surface area (Å²) in [6.45, 7) is 2.31. The van der Waals surface area contributed by atoms with E-state index in [0.29, 0.717) is 12.8 Å². The Morgan fingerprint density at radius 3 is 2.15 bits per heavy atom. The van der Waals surface area contributed by atoms with Crippen LogP contribution in [0.5, 0.6) is 0 Å². The maximum absolute atomic E-state index is 13.9. The number of nitriles is 1. The van der Waals surface area contributed by atoms with Gasteiger partial charge in [-0.15, -0.1) is 0 Å². The minimum atomic E-state index is -1.15. The van der Waals surface area contributed by atoms with Crippen molar-refractivity contribution in [3.05, 3.63) is 0 Å². The summed E-state index contributed by atoms with van der Waals surface area (Å²) in [6, 6.07) is 2.02. The first-order valence-electron chi connectivity index (χ1n) is 10.8. The third kappa shape index (κ3) is 4.78. The molecule has 3 aliphatic carbocycles. The fourth-order valence-electron chi connectivity index (χ4n) is 5.49. The van der Waals surface area contributed by atoms with E-state index >= 15 is 0 Å². The number of alkyl halides is 1. The second-order valence-electron chi connectivity index (χ2n) is 8.92. The van der Waals surface area contributed by atoms with Crippen LogP contribution < -0.4 is 0 Å². The van der Waals surface area contributed by atoms with E-state index < -0.39 is 12.1 Å². The van der Waals surface area contributed by atoms with Crippen LogP contribution in [-0.2, 0) is 9.53 Å². The number of nitrogens with zero attached hydrogens (tertiary/aromatic N) is 1. The van der Waals surface area contributed by atoms with Gasteiger partial charge in [-0.25, -0.2) is 4.39 Å². The number of rotatable bonds is 4. The van der Waals surface area contributed by atoms with Crippen molar-refractivity contribution in [2.24, 2.45) is 29.6 Å². The number of hydrogen-bond acceptors (Lipinski definition) is 3. The number of carbonyl (C=O) groups is 1. The second-order valence-corrected chi connectivity index (χ2v) is 8.92. The molecule has 0 N–H and O–H groups in total. The summed E-state index contributed by atoms with van der Waals surface area (Å²) in [4.78, 5) is 12.5. The molecule has 0 bridgehead atoms. The summed E-state index contributed by atoms with van der Waals surface area (Å²) >= 11 is 0. The SMILES string of the molecule is CCC1CCC(C2CCC(C(=O)OC3CCC(C#N)C(F)C3)CC2)CC1. The summed E-state index contributed by atoms with van der Waals surface area (Å²) in [5.41, 5.74) is 0. The van der Waals surface area contributed by atoms with E-state index in [2.05, 4.69) is 6.92 Å². The lowest BCUT2D eigenvalue weighted by Gasteiger charge is -2.37. The average molecular weight is 364 g/mol. The van der Waals surface area contributed by atoms with E-state index in [9.17, 15) is 9.18 Å². The molecule has 0 aromatic carbocycles. The van der Waals surface area contributed by atoms with Crippen molar-refractivity contribution in [1.29, 1.82) is 5.26 Å². The molecular formula is C22H34FNO2. The minimum absolute atomic E-state index is 0.00461. The molecule has 3 nitrogen and oxygen atoms in total. The van der Waals surface area contributed by atoms with E-state index in [-0.39, 0.29) is 24.4 Å². The van der Waals surface area contributed by atoms with Crippen molar-refractivity contribution in [3.63, 3.8) is 0 Å². The molecular weight excluding hydrogens is 329 g/mol. The first-order chi connectivity index (χ1) is 12.6. The lowest BCUT2D eigenvalue weighted by molar-refractivity contribution is -0.158. The van der Waals surface area contributed by atoms with Gasteiger partial charge in [-0.05, 0) is 69.1 Å². The lowest BCUT2D eigenvalue weighted by atomic mass is 9.69. The van der Waals surface area contributed by atoms with Crippen LogP contribution in [0.2, 0.25) is 0 Å². The molecule has 26 heavy (non-hydrogen) atoms. The van der Waals surface area contributed by atoms with Crippen LogP contribution >= 0.6 is 0 Å². The Morgan fingerprint density at radius 1 is 1.00 bits per heavy atom. The second kappa shape index (κ2) is 9.20. The van der Waals surface area contributed by atoms with Crippen LogP contribution in [0.1, 0.15) is 84.0 Å². The monoisotopic (exact) mass is 363 g/mol. The molecule has 3 atom stereocenters. The van der Waals surface area contributed by atoms with Gasteiger partial charge in [0.25, 0.3) is 0 Å². The van der Waals surface area contributed by atoms with Crippen LogP contribution in [0.3, 0.4) is 0 Å². The van der Waals surface area contributed by atoms with Crippen molar-refractivity contribution in [3.8, 4) is 6.07 Å². The molecule has 0 aromatic rings. The Labute approximate surface area is 157 Å². The van der Waals surface area contributed by atoms with E-state index in [4.69, 9.17) is 10.00 Å². The maximum Gasteiger partial charge on any atom is 0.309 e. The number of ether oxygens (including phenoxy) is 1. The summed E-state index contributed by atoms with van der Waals surface area (Å²) in [7, 11) is 0. The normalized spacial score (nSPS) is 41.2. The van der Waals surface area contributed by atoms with Crippen molar-refractivity contribution < 1.29 is 13.9 Å². The minimum Gasteiger partial charge on any atom is -0.462 e. The average Bonchev–Trinajstić information content (AvgIpc) is 2.68. The zero-order valence-corrected chi connectivity index (χ0v) is 16.2. The van der Waals surface area contributed by atoms with Crippen LogP contribution in [0.4, 0.5) is 4.39 Å². The molecule has 3 fully saturated rings. The molecule has 0 saturated heterocycles. The molecule has 0 amide bonds. The molecule has 0 heterocycles. The number of halogens is 1. The first kappa shape index (κ1) is 19.6. The predicted molar refractivity (Wildman–Crippen MR) is 98.9 cm³/mol. The van der Waals surface area contributed by atoms with Crippen LogP contribution in [0.25, 0.3) is 0 Å². The highest BCUT2D eigenvalue weighted by Crippen LogP contribution is 2.42. The highest BCUT2D eigenvalue weighted by molar-refractivity contribution is 5.72. The van der Waals surface area contributed by atoms with Crippen LogP contribution in [-0.4, -0.2) is 18.2 Å². The zero-order valence-electron chi connectivity index (χ0n) is 16.2. The molecule has 0 aromatic heterocycles. The van der Waals surface area contributed by atoms with Crippen LogP contribution in [0.15, 0.2) is 0 Å². The van der Waals surface area contributed by atoms with Gasteiger partial charge in [-0.3, -0.25) is 4.79 Å². The smallest absolute Gasteiger partial charge is 0.309 e. The summed E-state index contributed by atoms with van der Waals surface area (Å²) in [5, 5.41) is 8.90. The molecule has 0 spiro atoms. The van der Waals surface area contributed by atoms with Crippen molar-refractivity contribution in [2.75, 3.05) is 0 Å². The molecule has 3 rings (SSSR count).